The van der Waals surface area contributed by atoms with Crippen molar-refractivity contribution in [3.63, 3.8) is 0 Å². The maximum atomic E-state index is 12.5. The lowest BCUT2D eigenvalue weighted by Gasteiger charge is -2.35. The molecule has 1 unspecified atom stereocenters. The van der Waals surface area contributed by atoms with Gasteiger partial charge in [0.05, 0.1) is 5.69 Å². The summed E-state index contributed by atoms with van der Waals surface area (Å²) in [4.78, 5) is 6.94. The fraction of sp³-hybridized carbons (Fsp3) is 0.765. The van der Waals surface area contributed by atoms with E-state index in [1.807, 2.05) is 0 Å². The molecule has 2 heterocycles. The number of nitrogens with zero attached hydrogens (tertiary/aromatic N) is 4. The van der Waals surface area contributed by atoms with Crippen molar-refractivity contribution in [3.8, 4) is 0 Å². The van der Waals surface area contributed by atoms with Crippen LogP contribution in [0.2, 0.25) is 0 Å². The summed E-state index contributed by atoms with van der Waals surface area (Å²) in [6.45, 7) is 10.4. The predicted octanol–water partition coefficient (Wildman–Crippen LogP) is 1.13. The van der Waals surface area contributed by atoms with E-state index < -0.39 is 10.0 Å². The monoisotopic (exact) mass is 383 g/mol. The summed E-state index contributed by atoms with van der Waals surface area (Å²) < 4.78 is 31.3. The van der Waals surface area contributed by atoms with Gasteiger partial charge in [-0.25, -0.2) is 8.42 Å². The molecule has 0 radical (unpaired) electrons. The Morgan fingerprint density at radius 3 is 2.62 bits per heavy atom. The first kappa shape index (κ1) is 19.2. The summed E-state index contributed by atoms with van der Waals surface area (Å²) in [5, 5.41) is 7.04. The Kier molecular flexibility index (Phi) is 5.57. The van der Waals surface area contributed by atoms with Gasteiger partial charge in [-0.15, -0.1) is 0 Å². The zero-order chi connectivity index (χ0) is 18.8. The fourth-order valence-electron chi connectivity index (χ4n) is 3.28. The number of hydrogen-bond acceptors (Lipinski definition) is 5. The van der Waals surface area contributed by atoms with Crippen LogP contribution in [-0.2, 0) is 15.8 Å². The highest BCUT2D eigenvalue weighted by Gasteiger charge is 2.45. The third kappa shape index (κ3) is 4.56. The smallest absolute Gasteiger partial charge is 0.220 e. The van der Waals surface area contributed by atoms with Crippen LogP contribution in [-0.4, -0.2) is 68.0 Å². The first-order chi connectivity index (χ1) is 12.3. The third-order valence-electron chi connectivity index (χ3n) is 5.27. The summed E-state index contributed by atoms with van der Waals surface area (Å²) in [5.74, 6) is 1.43. The van der Waals surface area contributed by atoms with Crippen molar-refractivity contribution in [2.24, 2.45) is 16.3 Å². The van der Waals surface area contributed by atoms with Gasteiger partial charge in [-0.1, -0.05) is 19.0 Å². The van der Waals surface area contributed by atoms with Crippen molar-refractivity contribution in [2.75, 3.05) is 39.3 Å². The molecular formula is C17H29N5O3S. The summed E-state index contributed by atoms with van der Waals surface area (Å²) in [6.07, 6.45) is 2.62. The molecule has 3 rings (SSSR count). The van der Waals surface area contributed by atoms with Crippen molar-refractivity contribution < 1.29 is 12.9 Å². The van der Waals surface area contributed by atoms with Gasteiger partial charge < -0.3 is 14.7 Å². The zero-order valence-electron chi connectivity index (χ0n) is 15.8. The molecular weight excluding hydrogens is 354 g/mol. The van der Waals surface area contributed by atoms with Crippen LogP contribution in [0.1, 0.15) is 32.9 Å². The molecule has 146 valence electrons. The molecule has 0 aromatic carbocycles. The predicted molar refractivity (Wildman–Crippen MR) is 100 cm³/mol. The summed E-state index contributed by atoms with van der Waals surface area (Å²) in [6, 6.07) is 1.59. The molecule has 1 saturated carbocycles. The maximum absolute atomic E-state index is 12.5. The second-order valence-corrected chi connectivity index (χ2v) is 9.69. The molecule has 2 aliphatic rings. The Labute approximate surface area is 155 Å². The first-order valence-electron chi connectivity index (χ1n) is 9.22. The highest BCUT2D eigenvalue weighted by atomic mass is 32.2. The van der Waals surface area contributed by atoms with Gasteiger partial charge in [0.25, 0.3) is 0 Å². The minimum absolute atomic E-state index is 0.117. The number of aliphatic imine (C=N–C) groups is 1. The molecule has 2 fully saturated rings. The molecule has 1 aliphatic carbocycles. The number of hydrogen-bond donors (Lipinski definition) is 1. The molecule has 0 amide bonds. The second kappa shape index (κ2) is 7.56. The van der Waals surface area contributed by atoms with E-state index in [-0.39, 0.29) is 5.75 Å². The molecule has 9 heteroatoms. The minimum Gasteiger partial charge on any atom is -0.364 e. The van der Waals surface area contributed by atoms with Gasteiger partial charge in [0, 0.05) is 45.3 Å². The van der Waals surface area contributed by atoms with Crippen LogP contribution in [0, 0.1) is 11.3 Å². The average molecular weight is 384 g/mol. The van der Waals surface area contributed by atoms with E-state index in [0.29, 0.717) is 43.2 Å². The molecule has 0 spiro atoms. The second-order valence-electron chi connectivity index (χ2n) is 7.72. The lowest BCUT2D eigenvalue weighted by molar-refractivity contribution is 0.259. The molecule has 1 aromatic rings. The molecule has 1 N–H and O–H groups in total. The molecule has 8 nitrogen and oxygen atoms in total. The van der Waals surface area contributed by atoms with Gasteiger partial charge in [-0.05, 0) is 24.7 Å². The van der Waals surface area contributed by atoms with Crippen LogP contribution in [0.5, 0.6) is 0 Å². The van der Waals surface area contributed by atoms with Crippen LogP contribution < -0.4 is 5.32 Å². The Balaban J connectivity index is 1.56. The third-order valence-corrected chi connectivity index (χ3v) is 7.08. The van der Waals surface area contributed by atoms with Gasteiger partial charge in [0.15, 0.2) is 5.96 Å². The van der Waals surface area contributed by atoms with Crippen LogP contribution >= 0.6 is 0 Å². The van der Waals surface area contributed by atoms with Crippen molar-refractivity contribution in [2.45, 2.75) is 32.9 Å². The van der Waals surface area contributed by atoms with Crippen molar-refractivity contribution in [1.29, 1.82) is 0 Å². The minimum atomic E-state index is -3.37. The van der Waals surface area contributed by atoms with E-state index in [2.05, 4.69) is 36.1 Å². The van der Waals surface area contributed by atoms with E-state index in [0.717, 1.165) is 19.0 Å². The Bertz CT molecular complexity index is 722. The number of rotatable bonds is 6. The molecule has 1 aliphatic heterocycles. The molecule has 1 atom stereocenters. The van der Waals surface area contributed by atoms with E-state index in [9.17, 15) is 8.42 Å². The fourth-order valence-corrected chi connectivity index (χ4v) is 4.70. The zero-order valence-corrected chi connectivity index (χ0v) is 16.6. The van der Waals surface area contributed by atoms with Crippen LogP contribution in [0.15, 0.2) is 21.8 Å². The van der Waals surface area contributed by atoms with Crippen LogP contribution in [0.3, 0.4) is 0 Å². The quantitative estimate of drug-likeness (QED) is 0.585. The van der Waals surface area contributed by atoms with Gasteiger partial charge >= 0.3 is 0 Å². The van der Waals surface area contributed by atoms with Gasteiger partial charge in [-0.3, -0.25) is 4.99 Å². The van der Waals surface area contributed by atoms with E-state index in [1.54, 1.807) is 6.07 Å². The molecule has 0 bridgehead atoms. The van der Waals surface area contributed by atoms with Gasteiger partial charge in [0.1, 0.15) is 12.0 Å². The Hall–Kier alpha value is -1.61. The largest absolute Gasteiger partial charge is 0.364 e. The SMILES string of the molecule is CCNC(=NCC1CC1(C)C)N1CCN(S(=O)(=O)Cc2ccon2)CC1. The Morgan fingerprint density at radius 1 is 1.38 bits per heavy atom. The van der Waals surface area contributed by atoms with Crippen molar-refractivity contribution in [3.05, 3.63) is 18.0 Å². The number of piperazine rings is 1. The first-order valence-corrected chi connectivity index (χ1v) is 10.8. The maximum Gasteiger partial charge on any atom is 0.220 e. The van der Waals surface area contributed by atoms with Crippen molar-refractivity contribution >= 4 is 16.0 Å². The summed E-state index contributed by atoms with van der Waals surface area (Å²) in [5.41, 5.74) is 0.851. The standard InChI is InChI=1S/C17H29N5O3S/c1-4-18-16(19-12-14-11-17(14,2)3)21-6-8-22(9-7-21)26(23,24)13-15-5-10-25-20-15/h5,10,14H,4,6-9,11-13H2,1-3H3,(H,18,19). The van der Waals surface area contributed by atoms with Crippen molar-refractivity contribution in [1.82, 2.24) is 19.7 Å². The van der Waals surface area contributed by atoms with E-state index >= 15 is 0 Å². The molecule has 26 heavy (non-hydrogen) atoms. The van der Waals surface area contributed by atoms with Crippen LogP contribution in [0.4, 0.5) is 0 Å². The van der Waals surface area contributed by atoms with Gasteiger partial charge in [-0.2, -0.15) is 4.31 Å². The summed E-state index contributed by atoms with van der Waals surface area (Å²) >= 11 is 0. The number of nitrogens with one attached hydrogen (secondary N) is 1. The van der Waals surface area contributed by atoms with Gasteiger partial charge in [0.2, 0.25) is 10.0 Å². The average Bonchev–Trinajstić information content (AvgIpc) is 2.96. The lowest BCUT2D eigenvalue weighted by atomic mass is 10.1. The van der Waals surface area contributed by atoms with E-state index in [4.69, 9.17) is 9.52 Å². The normalized spacial score (nSPS) is 23.9. The van der Waals surface area contributed by atoms with E-state index in [1.165, 1.54) is 17.0 Å². The number of aromatic nitrogens is 1. The highest BCUT2D eigenvalue weighted by molar-refractivity contribution is 7.88. The Morgan fingerprint density at radius 2 is 2.08 bits per heavy atom. The lowest BCUT2D eigenvalue weighted by Crippen LogP contribution is -2.54. The van der Waals surface area contributed by atoms with Crippen LogP contribution in [0.25, 0.3) is 0 Å². The highest BCUT2D eigenvalue weighted by Crippen LogP contribution is 2.51. The molecule has 1 saturated heterocycles. The summed E-state index contributed by atoms with van der Waals surface area (Å²) in [7, 11) is -3.37. The molecule has 1 aromatic heterocycles. The topological polar surface area (TPSA) is 91.0 Å². The number of sulfonamides is 1. The number of guanidine groups is 1.